The fourth-order valence-corrected chi connectivity index (χ4v) is 12.5. The molecule has 50 heavy (non-hydrogen) atoms. The molecule has 3 aliphatic heterocycles. The van der Waals surface area contributed by atoms with Gasteiger partial charge in [-0.3, -0.25) is 14.3 Å². The molecule has 12 heteroatoms. The van der Waals surface area contributed by atoms with Crippen LogP contribution in [0.5, 0.6) is 5.75 Å². The Balaban J connectivity index is 1.22. The van der Waals surface area contributed by atoms with Crippen LogP contribution in [-0.4, -0.2) is 79.4 Å². The third-order valence-electron chi connectivity index (χ3n) is 11.0. The van der Waals surface area contributed by atoms with E-state index in [0.29, 0.717) is 39.0 Å². The predicted molar refractivity (Wildman–Crippen MR) is 194 cm³/mol. The zero-order valence-corrected chi connectivity index (χ0v) is 30.2. The van der Waals surface area contributed by atoms with Crippen molar-refractivity contribution in [2.75, 3.05) is 43.2 Å². The average Bonchev–Trinajstić information content (AvgIpc) is 3.78. The number of piperazine rings is 1. The Morgan fingerprint density at radius 3 is 2.54 bits per heavy atom. The Labute approximate surface area is 294 Å². The minimum absolute atomic E-state index is 0.0200. The number of aliphatic hydroxyl groups is 1. The van der Waals surface area contributed by atoms with Gasteiger partial charge in [0.15, 0.2) is 5.60 Å². The molecule has 2 N–H and O–H groups in total. The number of hydrogen-bond donors (Lipinski definition) is 2. The number of fused-ring (bicyclic) bond motifs is 2. The third-order valence-corrected chi connectivity index (χ3v) is 15.4. The summed E-state index contributed by atoms with van der Waals surface area (Å²) in [6.07, 6.45) is 2.78. The van der Waals surface area contributed by atoms with Crippen LogP contribution in [0.1, 0.15) is 30.2 Å². The lowest BCUT2D eigenvalue weighted by Gasteiger charge is -2.37. The zero-order valence-electron chi connectivity index (χ0n) is 29.2. The van der Waals surface area contributed by atoms with E-state index in [1.807, 2.05) is 70.4 Å². The second kappa shape index (κ2) is 13.7. The number of rotatable bonds is 11. The summed E-state index contributed by atoms with van der Waals surface area (Å²) in [7, 11) is -0.612. The number of para-hydroxylation sites is 1. The zero-order chi connectivity index (χ0) is 35.0. The maximum Gasteiger partial charge on any atom is 0.264 e. The fraction of sp³-hybridized carbons (Fsp3) is 0.421. The molecule has 2 amide bonds. The van der Waals surface area contributed by atoms with Gasteiger partial charge in [-0.15, -0.1) is 5.10 Å². The smallest absolute Gasteiger partial charge is 0.264 e. The number of aryl methyl sites for hydroxylation is 1. The summed E-state index contributed by atoms with van der Waals surface area (Å²) in [5.74, 6) is 0.721. The molecule has 0 saturated carbocycles. The van der Waals surface area contributed by atoms with Crippen LogP contribution in [0.25, 0.3) is 0 Å². The molecule has 262 valence electrons. The second-order valence-electron chi connectivity index (χ2n) is 14.2. The highest BCUT2D eigenvalue weighted by Gasteiger charge is 2.66. The largest absolute Gasteiger partial charge is 0.497 e. The molecule has 4 atom stereocenters. The van der Waals surface area contributed by atoms with Gasteiger partial charge in [-0.05, 0) is 47.9 Å². The van der Waals surface area contributed by atoms with Crippen molar-refractivity contribution in [2.45, 2.75) is 63.2 Å². The monoisotopic (exact) mass is 694 g/mol. The van der Waals surface area contributed by atoms with Crippen LogP contribution in [-0.2, 0) is 39.4 Å². The van der Waals surface area contributed by atoms with Gasteiger partial charge in [0.2, 0.25) is 5.91 Å². The van der Waals surface area contributed by atoms with Crippen molar-refractivity contribution in [3.63, 3.8) is 0 Å². The number of carbonyl (C=O) groups is 2. The van der Waals surface area contributed by atoms with E-state index in [4.69, 9.17) is 9.47 Å². The molecule has 4 heterocycles. The molecule has 3 aromatic carbocycles. The predicted octanol–water partition coefficient (Wildman–Crippen LogP) is 3.61. The SMILES string of the molecule is COc1ccc([Si](C)(C)[C@@H]2[C@@H](CCn3cc(CCO)nn3)O[C@]3(C(=O)N(Cc4ccc(N5CCNCC5=O)cc4)c4ccccc43)[C@H]2C)cc1. The Morgan fingerprint density at radius 1 is 1.06 bits per heavy atom. The van der Waals surface area contributed by atoms with Gasteiger partial charge in [0.25, 0.3) is 5.91 Å². The van der Waals surface area contributed by atoms with E-state index in [0.717, 1.165) is 40.5 Å². The summed E-state index contributed by atoms with van der Waals surface area (Å²) >= 11 is 0. The molecule has 0 radical (unpaired) electrons. The van der Waals surface area contributed by atoms with Gasteiger partial charge in [0, 0.05) is 56.0 Å². The third kappa shape index (κ3) is 5.93. The van der Waals surface area contributed by atoms with Crippen molar-refractivity contribution in [1.82, 2.24) is 20.3 Å². The first kappa shape index (κ1) is 34.1. The van der Waals surface area contributed by atoms with Gasteiger partial charge in [0.05, 0.1) is 45.8 Å². The number of carbonyl (C=O) groups excluding carboxylic acids is 2. The van der Waals surface area contributed by atoms with Crippen LogP contribution < -0.4 is 25.0 Å². The summed E-state index contributed by atoms with van der Waals surface area (Å²) < 4.78 is 14.5. The number of hydrogen-bond acceptors (Lipinski definition) is 8. The quantitative estimate of drug-likeness (QED) is 0.229. The van der Waals surface area contributed by atoms with Crippen molar-refractivity contribution in [3.8, 4) is 5.75 Å². The number of ether oxygens (including phenoxy) is 2. The molecule has 2 fully saturated rings. The topological polar surface area (TPSA) is 122 Å². The van der Waals surface area contributed by atoms with Crippen molar-refractivity contribution in [3.05, 3.63) is 95.8 Å². The van der Waals surface area contributed by atoms with Crippen molar-refractivity contribution in [2.24, 2.45) is 5.92 Å². The van der Waals surface area contributed by atoms with Crippen molar-refractivity contribution in [1.29, 1.82) is 0 Å². The van der Waals surface area contributed by atoms with Crippen LogP contribution in [0.2, 0.25) is 18.6 Å². The number of anilines is 2. The summed E-state index contributed by atoms with van der Waals surface area (Å²) in [4.78, 5) is 31.2. The number of aromatic nitrogens is 3. The van der Waals surface area contributed by atoms with Crippen LogP contribution in [0.4, 0.5) is 11.4 Å². The summed E-state index contributed by atoms with van der Waals surface area (Å²) in [6, 6.07) is 24.4. The van der Waals surface area contributed by atoms with Crippen LogP contribution in [0.3, 0.4) is 0 Å². The van der Waals surface area contributed by atoms with Gasteiger partial charge in [-0.1, -0.05) is 72.9 Å². The van der Waals surface area contributed by atoms with E-state index >= 15 is 4.79 Å². The highest BCUT2D eigenvalue weighted by Crippen LogP contribution is 2.60. The molecular formula is C38H46N6O5Si. The molecule has 3 aliphatic rings. The first-order valence-corrected chi connectivity index (χ1v) is 20.6. The number of benzene rings is 3. The minimum Gasteiger partial charge on any atom is -0.497 e. The number of methoxy groups -OCH3 is 1. The van der Waals surface area contributed by atoms with Crippen molar-refractivity contribution >= 4 is 36.4 Å². The molecule has 11 nitrogen and oxygen atoms in total. The molecule has 1 aromatic heterocycles. The lowest BCUT2D eigenvalue weighted by atomic mass is 9.82. The number of nitrogens with one attached hydrogen (secondary N) is 1. The molecule has 4 aromatic rings. The highest BCUT2D eigenvalue weighted by atomic mass is 28.3. The maximum absolute atomic E-state index is 15.0. The lowest BCUT2D eigenvalue weighted by Crippen LogP contribution is -2.51. The number of aliphatic hydroxyl groups excluding tert-OH is 1. The summed E-state index contributed by atoms with van der Waals surface area (Å²) in [5, 5.41) is 22.3. The first-order chi connectivity index (χ1) is 24.2. The van der Waals surface area contributed by atoms with Crippen molar-refractivity contribution < 1.29 is 24.2 Å². The number of amides is 2. The van der Waals surface area contributed by atoms with E-state index < -0.39 is 13.7 Å². The molecular weight excluding hydrogens is 649 g/mol. The summed E-state index contributed by atoms with van der Waals surface area (Å²) in [5.41, 5.74) is 3.34. The molecule has 0 aliphatic carbocycles. The van der Waals surface area contributed by atoms with Crippen LogP contribution >= 0.6 is 0 Å². The Hall–Kier alpha value is -4.36. The van der Waals surface area contributed by atoms with Gasteiger partial charge >= 0.3 is 0 Å². The van der Waals surface area contributed by atoms with Crippen LogP contribution in [0.15, 0.2) is 79.0 Å². The first-order valence-electron chi connectivity index (χ1n) is 17.5. The molecule has 0 bridgehead atoms. The standard InChI is InChI=1S/C38H46N6O5Si/c1-26-36(50(3,4)31-15-13-30(48-2)14-16-31)34(17-20-42-25-28(18-22-45)40-41-42)49-38(26)32-7-5-6-8-33(32)44(37(38)47)24-27-9-11-29(12-10-27)43-21-19-39-23-35(43)46/h5-16,25-26,34,36,39,45H,17-24H2,1-4H3/t26-,34+,36-,38+/m0/s1. The van der Waals surface area contributed by atoms with E-state index in [-0.39, 0.29) is 36.0 Å². The summed E-state index contributed by atoms with van der Waals surface area (Å²) in [6.45, 7) is 9.69. The van der Waals surface area contributed by atoms with Gasteiger partial charge in [-0.2, -0.15) is 0 Å². The maximum atomic E-state index is 15.0. The Bertz CT molecular complexity index is 1850. The molecule has 2 saturated heterocycles. The molecule has 0 unspecified atom stereocenters. The normalized spacial score (nSPS) is 23.6. The Kier molecular flexibility index (Phi) is 9.37. The molecule has 1 spiro atoms. The lowest BCUT2D eigenvalue weighted by molar-refractivity contribution is -0.146. The van der Waals surface area contributed by atoms with Gasteiger partial charge < -0.3 is 29.7 Å². The average molecular weight is 695 g/mol. The van der Waals surface area contributed by atoms with E-state index in [2.05, 4.69) is 53.8 Å². The Morgan fingerprint density at radius 2 is 1.82 bits per heavy atom. The minimum atomic E-state index is -2.29. The highest BCUT2D eigenvalue weighted by molar-refractivity contribution is 6.91. The van der Waals surface area contributed by atoms with E-state index in [1.54, 1.807) is 12.0 Å². The van der Waals surface area contributed by atoms with Gasteiger partial charge in [0.1, 0.15) is 5.75 Å². The number of nitrogens with zero attached hydrogens (tertiary/aromatic N) is 5. The van der Waals surface area contributed by atoms with E-state index in [9.17, 15) is 9.90 Å². The van der Waals surface area contributed by atoms with Gasteiger partial charge in [-0.25, -0.2) is 0 Å². The second-order valence-corrected chi connectivity index (χ2v) is 18.9. The van der Waals surface area contributed by atoms with E-state index in [1.165, 1.54) is 5.19 Å². The van der Waals surface area contributed by atoms with Crippen LogP contribution in [0, 0.1) is 5.92 Å². The molecule has 7 rings (SSSR count). The fourth-order valence-electron chi connectivity index (χ4n) is 8.47.